The lowest BCUT2D eigenvalue weighted by Gasteiger charge is -2.29. The summed E-state index contributed by atoms with van der Waals surface area (Å²) in [6.45, 7) is 3.21. The van der Waals surface area contributed by atoms with Gasteiger partial charge in [0.2, 0.25) is 0 Å². The van der Waals surface area contributed by atoms with E-state index in [-0.39, 0.29) is 6.54 Å². The molecule has 0 aliphatic carbocycles. The molecular formula is C20H22F5N3O+2. The second kappa shape index (κ2) is 8.87. The molecule has 156 valence electrons. The van der Waals surface area contributed by atoms with Crippen molar-refractivity contribution in [3.63, 3.8) is 0 Å². The van der Waals surface area contributed by atoms with E-state index in [1.54, 1.807) is 6.07 Å². The molecule has 2 aromatic carbocycles. The van der Waals surface area contributed by atoms with Crippen molar-refractivity contribution in [3.8, 4) is 0 Å². The first kappa shape index (κ1) is 21.2. The number of quaternary nitrogens is 2. The van der Waals surface area contributed by atoms with Crippen molar-refractivity contribution in [2.24, 2.45) is 0 Å². The minimum Gasteiger partial charge on any atom is -0.322 e. The summed E-state index contributed by atoms with van der Waals surface area (Å²) < 4.78 is 65.7. The van der Waals surface area contributed by atoms with Crippen LogP contribution in [0.15, 0.2) is 42.5 Å². The zero-order valence-electron chi connectivity index (χ0n) is 15.6. The van der Waals surface area contributed by atoms with Gasteiger partial charge in [0.25, 0.3) is 5.91 Å². The molecule has 1 aliphatic rings. The number of benzene rings is 2. The topological polar surface area (TPSA) is 38.0 Å². The Hall–Kier alpha value is -2.52. The van der Waals surface area contributed by atoms with Crippen molar-refractivity contribution >= 4 is 11.6 Å². The van der Waals surface area contributed by atoms with Crippen molar-refractivity contribution in [1.82, 2.24) is 0 Å². The summed E-state index contributed by atoms with van der Waals surface area (Å²) in [4.78, 5) is 14.2. The molecule has 3 N–H and O–H groups in total. The largest absolute Gasteiger partial charge is 0.416 e. The molecule has 1 aliphatic heterocycles. The number of rotatable bonds is 5. The van der Waals surface area contributed by atoms with Crippen molar-refractivity contribution in [2.45, 2.75) is 12.7 Å². The van der Waals surface area contributed by atoms with Gasteiger partial charge < -0.3 is 15.1 Å². The van der Waals surface area contributed by atoms with Gasteiger partial charge in [-0.15, -0.1) is 0 Å². The molecule has 2 aromatic rings. The van der Waals surface area contributed by atoms with E-state index in [0.717, 1.165) is 28.0 Å². The molecule has 0 saturated carbocycles. The third-order valence-corrected chi connectivity index (χ3v) is 5.01. The van der Waals surface area contributed by atoms with Gasteiger partial charge in [-0.25, -0.2) is 8.78 Å². The third-order valence-electron chi connectivity index (χ3n) is 5.01. The fourth-order valence-corrected chi connectivity index (χ4v) is 3.48. The highest BCUT2D eigenvalue weighted by molar-refractivity contribution is 5.91. The number of amides is 1. The van der Waals surface area contributed by atoms with E-state index in [4.69, 9.17) is 0 Å². The number of alkyl halides is 3. The summed E-state index contributed by atoms with van der Waals surface area (Å²) in [7, 11) is 0. The van der Waals surface area contributed by atoms with Crippen LogP contribution in [0.25, 0.3) is 0 Å². The highest BCUT2D eigenvalue weighted by Crippen LogP contribution is 2.29. The van der Waals surface area contributed by atoms with E-state index in [0.29, 0.717) is 38.3 Å². The molecule has 0 unspecified atom stereocenters. The second-order valence-electron chi connectivity index (χ2n) is 7.20. The summed E-state index contributed by atoms with van der Waals surface area (Å²) in [5.74, 6) is -2.14. The maximum atomic E-state index is 13.6. The molecule has 29 heavy (non-hydrogen) atoms. The Morgan fingerprint density at radius 3 is 2.14 bits per heavy atom. The molecule has 1 fully saturated rings. The fourth-order valence-electron chi connectivity index (χ4n) is 3.48. The monoisotopic (exact) mass is 415 g/mol. The van der Waals surface area contributed by atoms with Gasteiger partial charge >= 0.3 is 6.18 Å². The predicted molar refractivity (Wildman–Crippen MR) is 96.4 cm³/mol. The number of piperazine rings is 1. The van der Waals surface area contributed by atoms with Gasteiger partial charge in [-0.3, -0.25) is 4.79 Å². The summed E-state index contributed by atoms with van der Waals surface area (Å²) >= 11 is 0. The molecular weight excluding hydrogens is 393 g/mol. The first-order chi connectivity index (χ1) is 13.7. The van der Waals surface area contributed by atoms with Crippen molar-refractivity contribution < 1.29 is 36.5 Å². The Kier molecular flexibility index (Phi) is 6.49. The van der Waals surface area contributed by atoms with Crippen LogP contribution in [0.5, 0.6) is 0 Å². The van der Waals surface area contributed by atoms with Crippen molar-refractivity contribution in [3.05, 3.63) is 65.2 Å². The van der Waals surface area contributed by atoms with Crippen molar-refractivity contribution in [2.75, 3.05) is 38.0 Å². The Labute approximate surface area is 164 Å². The van der Waals surface area contributed by atoms with Crippen LogP contribution in [0.3, 0.4) is 0 Å². The molecule has 1 heterocycles. The van der Waals surface area contributed by atoms with Gasteiger partial charge in [0.1, 0.15) is 50.0 Å². The average molecular weight is 415 g/mol. The van der Waals surface area contributed by atoms with Crippen LogP contribution in [0.1, 0.15) is 11.1 Å². The van der Waals surface area contributed by atoms with E-state index in [2.05, 4.69) is 5.32 Å². The molecule has 1 amide bonds. The molecule has 9 heteroatoms. The minimum absolute atomic E-state index is 0.0740. The number of hydrogen-bond donors (Lipinski definition) is 3. The zero-order valence-corrected chi connectivity index (χ0v) is 15.6. The van der Waals surface area contributed by atoms with E-state index in [1.807, 2.05) is 0 Å². The van der Waals surface area contributed by atoms with Gasteiger partial charge in [-0.1, -0.05) is 18.2 Å². The van der Waals surface area contributed by atoms with E-state index in [9.17, 15) is 26.7 Å². The molecule has 0 aromatic heterocycles. The summed E-state index contributed by atoms with van der Waals surface area (Å²) in [5.41, 5.74) is -0.493. The van der Waals surface area contributed by atoms with E-state index in [1.165, 1.54) is 18.2 Å². The number of hydrogen-bond acceptors (Lipinski definition) is 1. The summed E-state index contributed by atoms with van der Waals surface area (Å²) in [5, 5.41) is 2.27. The Balaban J connectivity index is 1.49. The number of para-hydroxylation sites is 1. The lowest BCUT2D eigenvalue weighted by Crippen LogP contribution is -3.28. The standard InChI is InChI=1S/C20H20F5N3O/c21-16-5-2-6-17(22)19(16)26-18(29)13-28-9-7-27(8-10-28)12-14-3-1-4-15(11-14)20(23,24)25/h1-6,11H,7-10,12-13H2,(H,26,29)/p+2. The highest BCUT2D eigenvalue weighted by atomic mass is 19.4. The van der Waals surface area contributed by atoms with Crippen LogP contribution in [0.2, 0.25) is 0 Å². The number of carbonyl (C=O) groups excluding carboxylic acids is 1. The molecule has 3 rings (SSSR count). The Morgan fingerprint density at radius 2 is 1.52 bits per heavy atom. The van der Waals surface area contributed by atoms with Gasteiger partial charge in [0, 0.05) is 5.56 Å². The Bertz CT molecular complexity index is 843. The predicted octanol–water partition coefficient (Wildman–Crippen LogP) is 0.906. The SMILES string of the molecule is O=C(C[NH+]1CC[NH+](Cc2cccc(C(F)(F)F)c2)CC1)Nc1c(F)cccc1F. The first-order valence-electron chi connectivity index (χ1n) is 9.29. The second-order valence-corrected chi connectivity index (χ2v) is 7.20. The first-order valence-corrected chi connectivity index (χ1v) is 9.29. The number of anilines is 1. The maximum Gasteiger partial charge on any atom is 0.416 e. The van der Waals surface area contributed by atoms with Crippen LogP contribution >= 0.6 is 0 Å². The molecule has 1 saturated heterocycles. The van der Waals surface area contributed by atoms with Gasteiger partial charge in [0.05, 0.1) is 5.56 Å². The number of carbonyl (C=O) groups is 1. The van der Waals surface area contributed by atoms with Gasteiger partial charge in [-0.05, 0) is 24.3 Å². The van der Waals surface area contributed by atoms with E-state index >= 15 is 0 Å². The van der Waals surface area contributed by atoms with Crippen LogP contribution in [0, 0.1) is 11.6 Å². The zero-order chi connectivity index (χ0) is 21.0. The van der Waals surface area contributed by atoms with Gasteiger partial charge in [0.15, 0.2) is 6.54 Å². The summed E-state index contributed by atoms with van der Waals surface area (Å²) in [6.07, 6.45) is -4.36. The maximum absolute atomic E-state index is 13.6. The average Bonchev–Trinajstić information content (AvgIpc) is 2.66. The molecule has 0 bridgehead atoms. The smallest absolute Gasteiger partial charge is 0.322 e. The lowest BCUT2D eigenvalue weighted by atomic mass is 10.1. The van der Waals surface area contributed by atoms with Crippen LogP contribution in [-0.4, -0.2) is 38.6 Å². The van der Waals surface area contributed by atoms with Crippen LogP contribution < -0.4 is 15.1 Å². The van der Waals surface area contributed by atoms with Crippen LogP contribution in [-0.2, 0) is 17.5 Å². The van der Waals surface area contributed by atoms with Gasteiger partial charge in [-0.2, -0.15) is 13.2 Å². The molecule has 4 nitrogen and oxygen atoms in total. The lowest BCUT2D eigenvalue weighted by molar-refractivity contribution is -1.02. The third kappa shape index (κ3) is 5.74. The summed E-state index contributed by atoms with van der Waals surface area (Å²) in [6, 6.07) is 8.67. The highest BCUT2D eigenvalue weighted by Gasteiger charge is 2.31. The molecule has 0 radical (unpaired) electrons. The normalized spacial score (nSPS) is 19.8. The van der Waals surface area contributed by atoms with Crippen LogP contribution in [0.4, 0.5) is 27.6 Å². The quantitative estimate of drug-likeness (QED) is 0.624. The Morgan fingerprint density at radius 1 is 0.931 bits per heavy atom. The number of nitrogens with one attached hydrogen (secondary N) is 3. The molecule has 0 spiro atoms. The van der Waals surface area contributed by atoms with Crippen molar-refractivity contribution in [1.29, 1.82) is 0 Å². The minimum atomic E-state index is -4.36. The van der Waals surface area contributed by atoms with E-state index < -0.39 is 35.0 Å². The fraction of sp³-hybridized carbons (Fsp3) is 0.350. The number of halogens is 5. The molecule has 0 atom stereocenters.